The van der Waals surface area contributed by atoms with Gasteiger partial charge < -0.3 is 10.1 Å². The van der Waals surface area contributed by atoms with Crippen LogP contribution in [-0.4, -0.2) is 23.1 Å². The zero-order chi connectivity index (χ0) is 12.3. The van der Waals surface area contributed by atoms with Crippen molar-refractivity contribution in [2.24, 2.45) is 4.99 Å². The van der Waals surface area contributed by atoms with Crippen molar-refractivity contribution in [1.82, 2.24) is 0 Å². The second kappa shape index (κ2) is 5.00. The van der Waals surface area contributed by atoms with Crippen LogP contribution in [0.3, 0.4) is 0 Å². The molecule has 2 rings (SSSR count). The number of anilines is 1. The van der Waals surface area contributed by atoms with Crippen molar-refractivity contribution in [3.05, 3.63) is 24.3 Å². The Balaban J connectivity index is 2.06. The van der Waals surface area contributed by atoms with Gasteiger partial charge in [-0.1, -0.05) is 17.8 Å². The van der Waals surface area contributed by atoms with Gasteiger partial charge in [0.1, 0.15) is 5.75 Å². The van der Waals surface area contributed by atoms with Gasteiger partial charge in [0.2, 0.25) is 0 Å². The lowest BCUT2D eigenvalue weighted by Gasteiger charge is -2.09. The summed E-state index contributed by atoms with van der Waals surface area (Å²) in [5, 5.41) is 4.32. The summed E-state index contributed by atoms with van der Waals surface area (Å²) in [5.74, 6) is 1.92. The summed E-state index contributed by atoms with van der Waals surface area (Å²) < 4.78 is 5.47. The number of nitrogens with zero attached hydrogens (tertiary/aromatic N) is 1. The highest BCUT2D eigenvalue weighted by Crippen LogP contribution is 2.28. The smallest absolute Gasteiger partial charge is 0.161 e. The molecule has 0 amide bonds. The first-order valence-corrected chi connectivity index (χ1v) is 6.80. The molecule has 1 aromatic carbocycles. The number of aliphatic imine (C=N–C) groups is 1. The highest BCUT2D eigenvalue weighted by Gasteiger charge is 2.25. The predicted molar refractivity (Wildman–Crippen MR) is 75.2 cm³/mol. The molecule has 0 saturated heterocycles. The first-order chi connectivity index (χ1) is 8.09. The number of thioether (sulfide) groups is 1. The molecule has 0 aromatic heterocycles. The minimum Gasteiger partial charge on any atom is -0.494 e. The summed E-state index contributed by atoms with van der Waals surface area (Å²) in [6.07, 6.45) is 0. The van der Waals surface area contributed by atoms with Gasteiger partial charge in [-0.3, -0.25) is 4.99 Å². The molecular formula is C13H18N2OS. The van der Waals surface area contributed by atoms with E-state index in [0.717, 1.165) is 22.4 Å². The number of ether oxygens (including phenoxy) is 1. The highest BCUT2D eigenvalue weighted by atomic mass is 32.2. The number of hydrogen-bond donors (Lipinski definition) is 1. The molecule has 92 valence electrons. The fourth-order valence-corrected chi connectivity index (χ4v) is 2.66. The van der Waals surface area contributed by atoms with Crippen molar-refractivity contribution < 1.29 is 4.74 Å². The third-order valence-corrected chi connectivity index (χ3v) is 3.68. The minimum atomic E-state index is 0.0462. The van der Waals surface area contributed by atoms with Crippen LogP contribution in [0.4, 0.5) is 5.69 Å². The molecule has 0 saturated carbocycles. The van der Waals surface area contributed by atoms with Crippen LogP contribution in [0, 0.1) is 0 Å². The summed E-state index contributed by atoms with van der Waals surface area (Å²) >= 11 is 1.76. The molecule has 0 spiro atoms. The van der Waals surface area contributed by atoms with Crippen LogP contribution in [0.25, 0.3) is 0 Å². The first-order valence-electron chi connectivity index (χ1n) is 5.81. The number of hydrogen-bond acceptors (Lipinski definition) is 4. The van der Waals surface area contributed by atoms with Gasteiger partial charge in [0, 0.05) is 17.5 Å². The Kier molecular flexibility index (Phi) is 3.62. The second-order valence-electron chi connectivity index (χ2n) is 4.60. The zero-order valence-corrected chi connectivity index (χ0v) is 11.3. The molecule has 1 heterocycles. The van der Waals surface area contributed by atoms with Crippen molar-refractivity contribution in [1.29, 1.82) is 0 Å². The standard InChI is InChI=1S/C13H18N2OS/c1-4-16-11-7-5-6-10(8-11)14-12-15-13(2,3)9-17-12/h5-8H,4,9H2,1-3H3,(H,14,15). The van der Waals surface area contributed by atoms with E-state index in [1.54, 1.807) is 11.8 Å². The summed E-state index contributed by atoms with van der Waals surface area (Å²) in [4.78, 5) is 4.62. The van der Waals surface area contributed by atoms with Crippen LogP contribution >= 0.6 is 11.8 Å². The number of benzene rings is 1. The molecular weight excluding hydrogens is 232 g/mol. The predicted octanol–water partition coefficient (Wildman–Crippen LogP) is 3.38. The third-order valence-electron chi connectivity index (χ3n) is 2.36. The van der Waals surface area contributed by atoms with Crippen molar-refractivity contribution in [2.75, 3.05) is 17.7 Å². The van der Waals surface area contributed by atoms with Crippen molar-refractivity contribution in [3.8, 4) is 5.75 Å². The Morgan fingerprint density at radius 3 is 2.94 bits per heavy atom. The molecule has 0 fully saturated rings. The van der Waals surface area contributed by atoms with Crippen LogP contribution < -0.4 is 10.1 Å². The van der Waals surface area contributed by atoms with Gasteiger partial charge in [-0.25, -0.2) is 0 Å². The minimum absolute atomic E-state index is 0.0462. The maximum absolute atomic E-state index is 5.47. The second-order valence-corrected chi connectivity index (χ2v) is 5.57. The molecule has 1 aromatic rings. The topological polar surface area (TPSA) is 33.6 Å². The van der Waals surface area contributed by atoms with Crippen LogP contribution in [-0.2, 0) is 0 Å². The summed E-state index contributed by atoms with van der Waals surface area (Å²) in [5.41, 5.74) is 1.07. The van der Waals surface area contributed by atoms with Crippen LogP contribution in [0.15, 0.2) is 29.3 Å². The molecule has 0 unspecified atom stereocenters. The van der Waals surface area contributed by atoms with E-state index in [1.165, 1.54) is 0 Å². The van der Waals surface area contributed by atoms with Gasteiger partial charge in [0.15, 0.2) is 5.17 Å². The van der Waals surface area contributed by atoms with Gasteiger partial charge in [-0.2, -0.15) is 0 Å². The summed E-state index contributed by atoms with van der Waals surface area (Å²) in [6.45, 7) is 6.96. The Morgan fingerprint density at radius 2 is 2.29 bits per heavy atom. The molecule has 1 aliphatic heterocycles. The van der Waals surface area contributed by atoms with Crippen molar-refractivity contribution >= 4 is 22.6 Å². The normalized spacial score (nSPS) is 17.7. The van der Waals surface area contributed by atoms with Crippen LogP contribution in [0.5, 0.6) is 5.75 Å². The van der Waals surface area contributed by atoms with Gasteiger partial charge in [0.25, 0.3) is 0 Å². The third kappa shape index (κ3) is 3.40. The number of rotatable bonds is 3. The Bertz CT molecular complexity index is 429. The van der Waals surface area contributed by atoms with Gasteiger partial charge >= 0.3 is 0 Å². The molecule has 17 heavy (non-hydrogen) atoms. The lowest BCUT2D eigenvalue weighted by atomic mass is 10.1. The van der Waals surface area contributed by atoms with Gasteiger partial charge in [-0.15, -0.1) is 0 Å². The molecule has 0 aliphatic carbocycles. The van der Waals surface area contributed by atoms with E-state index in [-0.39, 0.29) is 5.54 Å². The van der Waals surface area contributed by atoms with E-state index >= 15 is 0 Å². The van der Waals surface area contributed by atoms with E-state index in [9.17, 15) is 0 Å². The molecule has 1 N–H and O–H groups in total. The van der Waals surface area contributed by atoms with E-state index < -0.39 is 0 Å². The lowest BCUT2D eigenvalue weighted by Crippen LogP contribution is -2.15. The molecule has 0 bridgehead atoms. The average Bonchev–Trinajstić information content (AvgIpc) is 2.59. The van der Waals surface area contributed by atoms with Crippen molar-refractivity contribution in [3.63, 3.8) is 0 Å². The van der Waals surface area contributed by atoms with E-state index in [0.29, 0.717) is 6.61 Å². The first kappa shape index (κ1) is 12.3. The highest BCUT2D eigenvalue weighted by molar-refractivity contribution is 8.14. The van der Waals surface area contributed by atoms with Crippen LogP contribution in [0.2, 0.25) is 0 Å². The fraction of sp³-hybridized carbons (Fsp3) is 0.462. The average molecular weight is 250 g/mol. The zero-order valence-electron chi connectivity index (χ0n) is 10.5. The van der Waals surface area contributed by atoms with E-state index in [2.05, 4.69) is 24.2 Å². The SMILES string of the molecule is CCOc1cccc(NC2=NC(C)(C)CS2)c1. The summed E-state index contributed by atoms with van der Waals surface area (Å²) in [7, 11) is 0. The monoisotopic (exact) mass is 250 g/mol. The largest absolute Gasteiger partial charge is 0.494 e. The number of nitrogens with one attached hydrogen (secondary N) is 1. The summed E-state index contributed by atoms with van der Waals surface area (Å²) in [6, 6.07) is 7.97. The quantitative estimate of drug-likeness (QED) is 0.893. The molecule has 0 radical (unpaired) electrons. The van der Waals surface area contributed by atoms with E-state index in [4.69, 9.17) is 4.74 Å². The van der Waals surface area contributed by atoms with Crippen LogP contribution in [0.1, 0.15) is 20.8 Å². The molecule has 1 aliphatic rings. The van der Waals surface area contributed by atoms with Gasteiger partial charge in [-0.05, 0) is 32.9 Å². The Morgan fingerprint density at radius 1 is 1.47 bits per heavy atom. The van der Waals surface area contributed by atoms with Crippen molar-refractivity contribution in [2.45, 2.75) is 26.3 Å². The molecule has 3 nitrogen and oxygen atoms in total. The van der Waals surface area contributed by atoms with E-state index in [1.807, 2.05) is 31.2 Å². The molecule has 0 atom stereocenters. The molecule has 4 heteroatoms. The number of amidine groups is 1. The Hall–Kier alpha value is -1.16. The lowest BCUT2D eigenvalue weighted by molar-refractivity contribution is 0.340. The van der Waals surface area contributed by atoms with Gasteiger partial charge in [0.05, 0.1) is 12.1 Å². The fourth-order valence-electron chi connectivity index (χ4n) is 1.60. The maximum Gasteiger partial charge on any atom is 0.161 e. The maximum atomic E-state index is 5.47. The Labute approximate surface area is 107 Å².